The van der Waals surface area contributed by atoms with Gasteiger partial charge in [-0.1, -0.05) is 6.92 Å². The third-order valence-corrected chi connectivity index (χ3v) is 4.74. The molecule has 7 heteroatoms. The van der Waals surface area contributed by atoms with Crippen LogP contribution in [0.5, 0.6) is 0 Å². The quantitative estimate of drug-likeness (QED) is 0.358. The van der Waals surface area contributed by atoms with Crippen LogP contribution in [0.15, 0.2) is 0 Å². The molecule has 1 unspecified atom stereocenters. The highest BCUT2D eigenvalue weighted by atomic mass is 32.2. The highest BCUT2D eigenvalue weighted by Gasteiger charge is 2.14. The van der Waals surface area contributed by atoms with Gasteiger partial charge in [-0.25, -0.2) is 0 Å². The summed E-state index contributed by atoms with van der Waals surface area (Å²) in [6, 6.07) is 0.770. The average Bonchev–Trinajstić information content (AvgIpc) is 2.33. The molecule has 110 valence electrons. The van der Waals surface area contributed by atoms with E-state index in [2.05, 4.69) is 0 Å². The zero-order valence-corrected chi connectivity index (χ0v) is 13.3. The maximum absolute atomic E-state index is 11.5. The molecule has 0 aromatic carbocycles. The van der Waals surface area contributed by atoms with Crippen LogP contribution in [0.4, 0.5) is 0 Å². The number of carbonyl (C=O) groups is 2. The van der Waals surface area contributed by atoms with Crippen molar-refractivity contribution in [3.05, 3.63) is 0 Å². The zero-order chi connectivity index (χ0) is 14.7. The molecule has 0 aromatic rings. The Morgan fingerprint density at radius 2 is 2.05 bits per heavy atom. The predicted octanol–water partition coefficient (Wildman–Crippen LogP) is 2.21. The predicted molar refractivity (Wildman–Crippen MR) is 76.0 cm³/mol. The fraction of sp³-hybridized carbons (Fsp3) is 0.833. The van der Waals surface area contributed by atoms with Crippen molar-refractivity contribution in [2.75, 3.05) is 18.1 Å². The number of aliphatic carboxylic acids is 1. The Balaban J connectivity index is 3.53. The number of carbonyl (C=O) groups excluding carboxylic acids is 1. The number of hydrogen-bond donors (Lipinski definition) is 1. The second kappa shape index (κ2) is 11.2. The molecule has 0 saturated carbocycles. The van der Waals surface area contributed by atoms with Gasteiger partial charge < -0.3 is 14.3 Å². The Hall–Kier alpha value is -0.693. The minimum atomic E-state index is -1.38. The molecule has 0 saturated heterocycles. The largest absolute Gasteiger partial charge is 0.481 e. The summed E-state index contributed by atoms with van der Waals surface area (Å²) in [4.78, 5) is 21.8. The minimum absolute atomic E-state index is 0.0205. The highest BCUT2D eigenvalue weighted by molar-refractivity contribution is 7.99. The monoisotopic (exact) mass is 306 g/mol. The van der Waals surface area contributed by atoms with Crippen molar-refractivity contribution in [1.29, 1.82) is 0 Å². The maximum atomic E-state index is 11.5. The van der Waals surface area contributed by atoms with Crippen LogP contribution in [0.25, 0.3) is 0 Å². The fourth-order valence-corrected chi connectivity index (χ4v) is 3.23. The lowest BCUT2D eigenvalue weighted by Gasteiger charge is -2.10. The third-order valence-electron chi connectivity index (χ3n) is 2.37. The van der Waals surface area contributed by atoms with Gasteiger partial charge in [0.25, 0.3) is 8.68 Å². The molecule has 0 amide bonds. The number of esters is 1. The van der Waals surface area contributed by atoms with Crippen molar-refractivity contribution in [3.63, 3.8) is 0 Å². The van der Waals surface area contributed by atoms with E-state index in [4.69, 9.17) is 9.84 Å². The molecule has 0 aliphatic heterocycles. The Morgan fingerprint density at radius 1 is 1.37 bits per heavy atom. The molecular formula is C12H22O5SSi. The minimum Gasteiger partial charge on any atom is -0.481 e. The molecule has 0 rings (SSSR count). The van der Waals surface area contributed by atoms with Crippen LogP contribution in [0, 0.1) is 5.92 Å². The summed E-state index contributed by atoms with van der Waals surface area (Å²) in [6.45, 7) is 3.72. The average molecular weight is 306 g/mol. The van der Waals surface area contributed by atoms with Gasteiger partial charge in [-0.15, -0.1) is 0 Å². The van der Waals surface area contributed by atoms with E-state index in [-0.39, 0.29) is 24.9 Å². The molecule has 5 nitrogen and oxygen atoms in total. The maximum Gasteiger partial charge on any atom is 0.309 e. The summed E-state index contributed by atoms with van der Waals surface area (Å²) < 4.78 is 15.9. The zero-order valence-electron chi connectivity index (χ0n) is 11.5. The van der Waals surface area contributed by atoms with E-state index >= 15 is 0 Å². The molecule has 0 aliphatic rings. The number of ether oxygens (including phenoxy) is 1. The van der Waals surface area contributed by atoms with Crippen molar-refractivity contribution in [2.24, 2.45) is 5.92 Å². The first-order chi connectivity index (χ1) is 8.93. The van der Waals surface area contributed by atoms with E-state index in [1.807, 2.05) is 0 Å². The molecule has 1 N–H and O–H groups in total. The van der Waals surface area contributed by atoms with E-state index in [1.165, 1.54) is 0 Å². The lowest BCUT2D eigenvalue weighted by Crippen LogP contribution is -2.18. The topological polar surface area (TPSA) is 80.7 Å². The van der Waals surface area contributed by atoms with Gasteiger partial charge in [0.1, 0.15) is 0 Å². The summed E-state index contributed by atoms with van der Waals surface area (Å²) in [5, 5.41) is 8.43. The van der Waals surface area contributed by atoms with Gasteiger partial charge in [0.05, 0.1) is 12.5 Å². The van der Waals surface area contributed by atoms with Gasteiger partial charge in [0.15, 0.2) is 0 Å². The smallest absolute Gasteiger partial charge is 0.309 e. The number of rotatable bonds is 11. The van der Waals surface area contributed by atoms with Crippen molar-refractivity contribution in [1.82, 2.24) is 0 Å². The number of carboxylic acid groups (broad SMARTS) is 1. The Kier molecular flexibility index (Phi) is 10.8. The van der Waals surface area contributed by atoms with E-state index in [1.54, 1.807) is 25.2 Å². The third kappa shape index (κ3) is 12.1. The lowest BCUT2D eigenvalue weighted by atomic mass is 10.2. The standard InChI is InChI=1S/C12H22O5SSi/c1-10(9-18-7-4-8-19(2)16)12(15)17-6-3-5-11(13)14/h10H,3-9H2,1-2H3,(H,13,14). The first-order valence-electron chi connectivity index (χ1n) is 6.39. The van der Waals surface area contributed by atoms with Crippen LogP contribution in [-0.2, 0) is 18.8 Å². The van der Waals surface area contributed by atoms with Crippen LogP contribution < -0.4 is 0 Å². The Morgan fingerprint density at radius 3 is 2.63 bits per heavy atom. The van der Waals surface area contributed by atoms with E-state index < -0.39 is 14.7 Å². The summed E-state index contributed by atoms with van der Waals surface area (Å²) in [7, 11) is -1.38. The van der Waals surface area contributed by atoms with Crippen LogP contribution in [0.2, 0.25) is 12.6 Å². The summed E-state index contributed by atoms with van der Waals surface area (Å²) in [5.74, 6) is 0.244. The fourth-order valence-electron chi connectivity index (χ4n) is 1.29. The molecule has 0 radical (unpaired) electrons. The molecule has 0 bridgehead atoms. The summed E-state index contributed by atoms with van der Waals surface area (Å²) in [5.41, 5.74) is 0. The number of thioether (sulfide) groups is 1. The first-order valence-corrected chi connectivity index (χ1v) is 9.66. The molecule has 0 aliphatic carbocycles. The molecule has 0 spiro atoms. The van der Waals surface area contributed by atoms with Crippen LogP contribution in [0.1, 0.15) is 26.2 Å². The van der Waals surface area contributed by atoms with Gasteiger partial charge in [0.2, 0.25) is 0 Å². The van der Waals surface area contributed by atoms with Crippen LogP contribution in [-0.4, -0.2) is 43.8 Å². The molecule has 1 atom stereocenters. The second-order valence-electron chi connectivity index (χ2n) is 4.45. The van der Waals surface area contributed by atoms with Gasteiger partial charge in [-0.05, 0) is 31.2 Å². The Bertz CT molecular complexity index is 308. The number of carboxylic acids is 1. The van der Waals surface area contributed by atoms with Crippen molar-refractivity contribution >= 4 is 32.4 Å². The lowest BCUT2D eigenvalue weighted by molar-refractivity contribution is -0.148. The number of hydrogen-bond acceptors (Lipinski definition) is 5. The van der Waals surface area contributed by atoms with E-state index in [0.29, 0.717) is 12.2 Å². The highest BCUT2D eigenvalue weighted by Crippen LogP contribution is 2.12. The summed E-state index contributed by atoms with van der Waals surface area (Å²) in [6.07, 6.45) is 1.29. The van der Waals surface area contributed by atoms with Gasteiger partial charge in [-0.3, -0.25) is 9.59 Å². The van der Waals surface area contributed by atoms with Gasteiger partial charge >= 0.3 is 11.9 Å². The summed E-state index contributed by atoms with van der Waals surface area (Å²) >= 11 is 1.66. The molecule has 19 heavy (non-hydrogen) atoms. The van der Waals surface area contributed by atoms with E-state index in [0.717, 1.165) is 18.2 Å². The van der Waals surface area contributed by atoms with Crippen molar-refractivity contribution < 1.29 is 23.9 Å². The van der Waals surface area contributed by atoms with Crippen molar-refractivity contribution in [3.8, 4) is 0 Å². The van der Waals surface area contributed by atoms with E-state index in [9.17, 15) is 14.1 Å². The van der Waals surface area contributed by atoms with Crippen LogP contribution in [0.3, 0.4) is 0 Å². The Labute approximate surface area is 119 Å². The molecule has 0 heterocycles. The molecule has 0 fully saturated rings. The van der Waals surface area contributed by atoms with Crippen LogP contribution >= 0.6 is 11.8 Å². The first kappa shape index (κ1) is 18.3. The molecule has 0 aromatic heterocycles. The SMILES string of the molecule is CC(CSCCC[Si](C)=O)C(=O)OCCCC(=O)O. The van der Waals surface area contributed by atoms with Gasteiger partial charge in [-0.2, -0.15) is 11.8 Å². The van der Waals surface area contributed by atoms with Crippen molar-refractivity contribution in [2.45, 2.75) is 38.8 Å². The second-order valence-corrected chi connectivity index (χ2v) is 7.50. The van der Waals surface area contributed by atoms with Gasteiger partial charge in [0, 0.05) is 12.2 Å². The molecular weight excluding hydrogens is 284 g/mol. The normalized spacial score (nSPS) is 11.9.